The molecule has 1 aromatic rings. The van der Waals surface area contributed by atoms with Gasteiger partial charge in [0.05, 0.1) is 5.56 Å². The molecule has 0 aliphatic heterocycles. The lowest BCUT2D eigenvalue weighted by Crippen LogP contribution is -2.36. The second-order valence-corrected chi connectivity index (χ2v) is 6.16. The number of rotatable bonds is 4. The maximum atomic E-state index is 13.0. The van der Waals surface area contributed by atoms with Crippen LogP contribution in [0.4, 0.5) is 18.9 Å². The van der Waals surface area contributed by atoms with Gasteiger partial charge in [0.25, 0.3) is 0 Å². The first kappa shape index (κ1) is 14.7. The normalized spacial score (nSPS) is 17.9. The Balaban J connectivity index is 2.16. The van der Waals surface area contributed by atoms with E-state index >= 15 is 0 Å². The largest absolute Gasteiger partial charge is 0.418 e. The van der Waals surface area contributed by atoms with Gasteiger partial charge in [0.15, 0.2) is 0 Å². The topological polar surface area (TPSA) is 12.0 Å². The zero-order chi connectivity index (χ0) is 14.1. The second kappa shape index (κ2) is 5.35. The Morgan fingerprint density at radius 2 is 2.00 bits per heavy atom. The van der Waals surface area contributed by atoms with Gasteiger partial charge in [0, 0.05) is 16.7 Å². The molecule has 0 atom stereocenters. The van der Waals surface area contributed by atoms with Crippen LogP contribution in [0.1, 0.15) is 38.2 Å². The molecule has 1 aliphatic carbocycles. The zero-order valence-electron chi connectivity index (χ0n) is 10.8. The lowest BCUT2D eigenvalue weighted by molar-refractivity contribution is -0.137. The van der Waals surface area contributed by atoms with E-state index in [9.17, 15) is 13.2 Å². The predicted octanol–water partition coefficient (Wildman–Crippen LogP) is 5.46. The summed E-state index contributed by atoms with van der Waals surface area (Å²) in [6.07, 6.45) is 0.0771. The van der Waals surface area contributed by atoms with Crippen molar-refractivity contribution in [2.75, 3.05) is 11.9 Å². The third-order valence-corrected chi connectivity index (χ3v) is 4.60. The molecule has 1 fully saturated rings. The minimum absolute atomic E-state index is 0.176. The number of nitrogens with one attached hydrogen (secondary N) is 1. The predicted molar refractivity (Wildman–Crippen MR) is 74.2 cm³/mol. The fraction of sp³-hybridized carbons (Fsp3) is 0.571. The van der Waals surface area contributed by atoms with Crippen LogP contribution in [0.5, 0.6) is 0 Å². The molecular formula is C14H17BrF3N. The number of benzene rings is 1. The molecule has 1 N–H and O–H groups in total. The van der Waals surface area contributed by atoms with Gasteiger partial charge in [-0.3, -0.25) is 0 Å². The van der Waals surface area contributed by atoms with Crippen LogP contribution in [-0.4, -0.2) is 6.54 Å². The smallest absolute Gasteiger partial charge is 0.384 e. The molecule has 0 saturated heterocycles. The van der Waals surface area contributed by atoms with Crippen molar-refractivity contribution in [1.29, 1.82) is 0 Å². The Bertz CT molecular complexity index is 447. The molecule has 0 spiro atoms. The van der Waals surface area contributed by atoms with Crippen LogP contribution in [0.2, 0.25) is 0 Å². The van der Waals surface area contributed by atoms with Crippen molar-refractivity contribution < 1.29 is 13.2 Å². The first-order valence-corrected chi connectivity index (χ1v) is 7.26. The molecule has 1 nitrogen and oxygen atoms in total. The van der Waals surface area contributed by atoms with E-state index in [1.165, 1.54) is 12.5 Å². The van der Waals surface area contributed by atoms with Gasteiger partial charge in [-0.05, 0) is 42.9 Å². The summed E-state index contributed by atoms with van der Waals surface area (Å²) >= 11 is 3.09. The van der Waals surface area contributed by atoms with Crippen molar-refractivity contribution in [3.8, 4) is 0 Å². The minimum atomic E-state index is -4.33. The summed E-state index contributed by atoms with van der Waals surface area (Å²) in [5.41, 5.74) is -0.237. The van der Waals surface area contributed by atoms with Gasteiger partial charge in [-0.2, -0.15) is 13.2 Å². The van der Waals surface area contributed by atoms with Gasteiger partial charge < -0.3 is 5.32 Å². The van der Waals surface area contributed by atoms with Crippen LogP contribution in [0.15, 0.2) is 22.7 Å². The average molecular weight is 336 g/mol. The molecule has 5 heteroatoms. The average Bonchev–Trinajstić information content (AvgIpc) is 2.28. The number of hydrogen-bond acceptors (Lipinski definition) is 1. The van der Waals surface area contributed by atoms with Crippen LogP contribution in [0.25, 0.3) is 0 Å². The Hall–Kier alpha value is -0.710. The van der Waals surface area contributed by atoms with Crippen LogP contribution in [0.3, 0.4) is 0 Å². The van der Waals surface area contributed by atoms with Crippen molar-refractivity contribution in [2.24, 2.45) is 5.41 Å². The second-order valence-electron chi connectivity index (χ2n) is 5.25. The number of hydrogen-bond donors (Lipinski definition) is 1. The van der Waals surface area contributed by atoms with Crippen LogP contribution < -0.4 is 5.32 Å². The molecule has 2 rings (SSSR count). The highest BCUT2D eigenvalue weighted by molar-refractivity contribution is 9.10. The van der Waals surface area contributed by atoms with E-state index in [1.807, 2.05) is 0 Å². The van der Waals surface area contributed by atoms with Gasteiger partial charge in [-0.15, -0.1) is 0 Å². The maximum absolute atomic E-state index is 13.0. The van der Waals surface area contributed by atoms with Crippen molar-refractivity contribution in [3.05, 3.63) is 28.2 Å². The van der Waals surface area contributed by atoms with Gasteiger partial charge >= 0.3 is 6.18 Å². The first-order valence-electron chi connectivity index (χ1n) is 6.47. The summed E-state index contributed by atoms with van der Waals surface area (Å²) < 4.78 is 39.3. The molecule has 0 heterocycles. The van der Waals surface area contributed by atoms with Gasteiger partial charge in [0.2, 0.25) is 0 Å². The van der Waals surface area contributed by atoms with Gasteiger partial charge in [-0.25, -0.2) is 0 Å². The fourth-order valence-electron chi connectivity index (χ4n) is 2.52. The van der Waals surface area contributed by atoms with Gasteiger partial charge in [0.1, 0.15) is 0 Å². The maximum Gasteiger partial charge on any atom is 0.418 e. The molecule has 1 aromatic carbocycles. The zero-order valence-corrected chi connectivity index (χ0v) is 12.4. The number of halogens is 4. The summed E-state index contributed by atoms with van der Waals surface area (Å²) in [6.45, 7) is 2.72. The molecule has 0 unspecified atom stereocenters. The van der Waals surface area contributed by atoms with Crippen molar-refractivity contribution in [1.82, 2.24) is 0 Å². The van der Waals surface area contributed by atoms with Crippen molar-refractivity contribution in [2.45, 2.75) is 38.8 Å². The minimum Gasteiger partial charge on any atom is -0.384 e. The first-order chi connectivity index (χ1) is 8.86. The molecule has 0 bridgehead atoms. The van der Waals surface area contributed by atoms with Crippen LogP contribution in [0, 0.1) is 5.41 Å². The molecule has 0 amide bonds. The Morgan fingerprint density at radius 1 is 1.32 bits per heavy atom. The number of anilines is 1. The highest BCUT2D eigenvalue weighted by Crippen LogP contribution is 2.44. The van der Waals surface area contributed by atoms with E-state index < -0.39 is 11.7 Å². The van der Waals surface area contributed by atoms with E-state index in [2.05, 4.69) is 28.2 Å². The van der Waals surface area contributed by atoms with Crippen LogP contribution in [-0.2, 0) is 6.18 Å². The molecular weight excluding hydrogens is 319 g/mol. The highest BCUT2D eigenvalue weighted by Gasteiger charge is 2.37. The Morgan fingerprint density at radius 3 is 2.47 bits per heavy atom. The fourth-order valence-corrected chi connectivity index (χ4v) is 2.88. The highest BCUT2D eigenvalue weighted by atomic mass is 79.9. The standard InChI is InChI=1S/C14H17BrF3N/c1-2-13(6-3-7-13)9-19-12-5-4-10(15)8-11(12)14(16,17)18/h4-5,8,19H,2-3,6-7,9H2,1H3. The third kappa shape index (κ3) is 3.25. The van der Waals surface area contributed by atoms with E-state index in [4.69, 9.17) is 0 Å². The molecule has 0 radical (unpaired) electrons. The van der Waals surface area contributed by atoms with E-state index in [0.717, 1.165) is 25.3 Å². The molecule has 1 aliphatic rings. The summed E-state index contributed by atoms with van der Waals surface area (Å²) in [7, 11) is 0. The van der Waals surface area contributed by atoms with Gasteiger partial charge in [-0.1, -0.05) is 29.3 Å². The van der Waals surface area contributed by atoms with Crippen molar-refractivity contribution in [3.63, 3.8) is 0 Å². The molecule has 0 aromatic heterocycles. The summed E-state index contributed by atoms with van der Waals surface area (Å²) in [5.74, 6) is 0. The molecule has 1 saturated carbocycles. The molecule has 19 heavy (non-hydrogen) atoms. The quantitative estimate of drug-likeness (QED) is 0.770. The SMILES string of the molecule is CCC1(CNc2ccc(Br)cc2C(F)(F)F)CCC1. The third-order valence-electron chi connectivity index (χ3n) is 4.11. The van der Waals surface area contributed by atoms with Crippen LogP contribution >= 0.6 is 15.9 Å². The number of alkyl halides is 3. The lowest BCUT2D eigenvalue weighted by atomic mass is 9.67. The Kier molecular flexibility index (Phi) is 4.14. The summed E-state index contributed by atoms with van der Waals surface area (Å²) in [6, 6.07) is 4.26. The monoisotopic (exact) mass is 335 g/mol. The van der Waals surface area contributed by atoms with E-state index in [1.54, 1.807) is 6.07 Å². The van der Waals surface area contributed by atoms with Crippen molar-refractivity contribution >= 4 is 21.6 Å². The van der Waals surface area contributed by atoms with E-state index in [-0.39, 0.29) is 11.1 Å². The summed E-state index contributed by atoms with van der Waals surface area (Å²) in [5, 5.41) is 3.00. The Labute approximate surface area is 119 Å². The van der Waals surface area contributed by atoms with E-state index in [0.29, 0.717) is 11.0 Å². The molecule has 106 valence electrons. The lowest BCUT2D eigenvalue weighted by Gasteiger charge is -2.41. The summed E-state index contributed by atoms with van der Waals surface area (Å²) in [4.78, 5) is 0.